The molecule has 0 N–H and O–H groups in total. The first-order valence-electron chi connectivity index (χ1n) is 6.91. The van der Waals surface area contributed by atoms with Crippen LogP contribution in [0.3, 0.4) is 0 Å². The molecular weight excluding hydrogens is 236 g/mol. The highest BCUT2D eigenvalue weighted by atomic mass is 16.1. The Hall–Kier alpha value is -1.90. The number of nitrogens with zero attached hydrogens (tertiary/aromatic N) is 2. The molecule has 2 aromatic rings. The number of aromatic nitrogens is 2. The lowest BCUT2D eigenvalue weighted by Crippen LogP contribution is -2.19. The summed E-state index contributed by atoms with van der Waals surface area (Å²) < 4.78 is 2.06. The van der Waals surface area contributed by atoms with Crippen molar-refractivity contribution in [3.05, 3.63) is 53.6 Å². The van der Waals surface area contributed by atoms with Crippen LogP contribution in [0.1, 0.15) is 47.6 Å². The highest BCUT2D eigenvalue weighted by Crippen LogP contribution is 2.24. The lowest BCUT2D eigenvalue weighted by Gasteiger charge is -2.18. The van der Waals surface area contributed by atoms with Crippen molar-refractivity contribution in [2.45, 2.75) is 38.6 Å². The summed E-state index contributed by atoms with van der Waals surface area (Å²) in [6, 6.07) is 9.33. The van der Waals surface area contributed by atoms with E-state index >= 15 is 0 Å². The second-order valence-corrected chi connectivity index (χ2v) is 5.16. The monoisotopic (exact) mass is 254 g/mol. The average Bonchev–Trinajstić information content (AvgIpc) is 2.90. The van der Waals surface area contributed by atoms with Gasteiger partial charge in [-0.2, -0.15) is 0 Å². The van der Waals surface area contributed by atoms with Gasteiger partial charge < -0.3 is 4.57 Å². The van der Waals surface area contributed by atoms with Gasteiger partial charge in [0.05, 0.1) is 18.1 Å². The molecule has 0 radical (unpaired) electrons. The first-order chi connectivity index (χ1) is 9.27. The van der Waals surface area contributed by atoms with Crippen molar-refractivity contribution in [2.24, 2.45) is 0 Å². The first-order valence-corrected chi connectivity index (χ1v) is 6.91. The molecule has 3 heteroatoms. The molecule has 1 heterocycles. The number of benzene rings is 1. The van der Waals surface area contributed by atoms with Crippen molar-refractivity contribution in [3.8, 4) is 0 Å². The summed E-state index contributed by atoms with van der Waals surface area (Å²) in [6.07, 6.45) is 6.34. The van der Waals surface area contributed by atoms with E-state index in [2.05, 4.69) is 9.55 Å². The predicted molar refractivity (Wildman–Crippen MR) is 74.4 cm³/mol. The van der Waals surface area contributed by atoms with E-state index in [4.69, 9.17) is 0 Å². The van der Waals surface area contributed by atoms with Crippen LogP contribution in [0.4, 0.5) is 0 Å². The molecule has 1 aromatic carbocycles. The van der Waals surface area contributed by atoms with Crippen molar-refractivity contribution >= 4 is 5.78 Å². The molecule has 1 aliphatic carbocycles. The Morgan fingerprint density at radius 2 is 1.95 bits per heavy atom. The number of Topliss-reactive ketones (excluding diaryl/α,β-unsaturated/α-hetero) is 1. The maximum absolute atomic E-state index is 12.5. The molecule has 0 amide bonds. The second-order valence-electron chi connectivity index (χ2n) is 5.16. The van der Waals surface area contributed by atoms with E-state index in [0.29, 0.717) is 0 Å². The van der Waals surface area contributed by atoms with Gasteiger partial charge in [-0.1, -0.05) is 30.3 Å². The normalized spacial score (nSPS) is 15.8. The third-order valence-corrected chi connectivity index (χ3v) is 3.91. The summed E-state index contributed by atoms with van der Waals surface area (Å²) in [6.45, 7) is 1.96. The van der Waals surface area contributed by atoms with E-state index in [1.807, 2.05) is 43.6 Å². The summed E-state index contributed by atoms with van der Waals surface area (Å²) in [7, 11) is 0. The van der Waals surface area contributed by atoms with Gasteiger partial charge in [0, 0.05) is 11.3 Å². The minimum absolute atomic E-state index is 0.159. The van der Waals surface area contributed by atoms with E-state index in [9.17, 15) is 4.79 Å². The third kappa shape index (κ3) is 2.21. The molecule has 1 unspecified atom stereocenters. The molecule has 0 aliphatic heterocycles. The van der Waals surface area contributed by atoms with Crippen LogP contribution in [0.25, 0.3) is 0 Å². The fourth-order valence-corrected chi connectivity index (χ4v) is 2.80. The standard InChI is InChI=1S/C16H18N2O/c1-12(16(19)13-7-3-2-4-8-13)18-11-17-14-9-5-6-10-15(14)18/h2-4,7-8,11-12H,5-6,9-10H2,1H3. The Morgan fingerprint density at radius 1 is 1.21 bits per heavy atom. The Morgan fingerprint density at radius 3 is 2.74 bits per heavy atom. The van der Waals surface area contributed by atoms with Crippen molar-refractivity contribution in [2.75, 3.05) is 0 Å². The molecule has 19 heavy (non-hydrogen) atoms. The van der Waals surface area contributed by atoms with Crippen molar-refractivity contribution in [1.29, 1.82) is 0 Å². The molecule has 98 valence electrons. The Balaban J connectivity index is 1.90. The van der Waals surface area contributed by atoms with E-state index in [-0.39, 0.29) is 11.8 Å². The number of hydrogen-bond donors (Lipinski definition) is 0. The van der Waals surface area contributed by atoms with Gasteiger partial charge in [-0.3, -0.25) is 4.79 Å². The largest absolute Gasteiger partial charge is 0.324 e. The van der Waals surface area contributed by atoms with Gasteiger partial charge in [-0.25, -0.2) is 4.98 Å². The smallest absolute Gasteiger partial charge is 0.185 e. The average molecular weight is 254 g/mol. The number of rotatable bonds is 3. The van der Waals surface area contributed by atoms with E-state index < -0.39 is 0 Å². The molecule has 1 atom stereocenters. The zero-order chi connectivity index (χ0) is 13.2. The minimum Gasteiger partial charge on any atom is -0.324 e. The maximum Gasteiger partial charge on any atom is 0.185 e. The number of imidazole rings is 1. The molecule has 0 bridgehead atoms. The number of carbonyl (C=O) groups is 1. The van der Waals surface area contributed by atoms with Crippen LogP contribution < -0.4 is 0 Å². The minimum atomic E-state index is -0.170. The highest BCUT2D eigenvalue weighted by Gasteiger charge is 2.22. The van der Waals surface area contributed by atoms with Gasteiger partial charge in [0.1, 0.15) is 0 Å². The Kier molecular flexibility index (Phi) is 3.20. The van der Waals surface area contributed by atoms with Gasteiger partial charge in [0.2, 0.25) is 0 Å². The second kappa shape index (κ2) is 5.00. The van der Waals surface area contributed by atoms with Gasteiger partial charge >= 0.3 is 0 Å². The molecule has 3 nitrogen and oxygen atoms in total. The summed E-state index contributed by atoms with van der Waals surface area (Å²) in [5.41, 5.74) is 3.20. The van der Waals surface area contributed by atoms with Crippen LogP contribution in [0.5, 0.6) is 0 Å². The molecular formula is C16H18N2O. The molecule has 3 rings (SSSR count). The zero-order valence-electron chi connectivity index (χ0n) is 11.2. The SMILES string of the molecule is CC(C(=O)c1ccccc1)n1cnc2c1CCCC2. The van der Waals surface area contributed by atoms with Gasteiger partial charge in [0.15, 0.2) is 5.78 Å². The molecule has 1 aromatic heterocycles. The summed E-state index contributed by atoms with van der Waals surface area (Å²) in [4.78, 5) is 16.9. The number of hydrogen-bond acceptors (Lipinski definition) is 2. The van der Waals surface area contributed by atoms with Crippen LogP contribution in [-0.4, -0.2) is 15.3 Å². The quantitative estimate of drug-likeness (QED) is 0.788. The fourth-order valence-electron chi connectivity index (χ4n) is 2.80. The number of carbonyl (C=O) groups excluding carboxylic acids is 1. The van der Waals surface area contributed by atoms with Crippen LogP contribution in [0.15, 0.2) is 36.7 Å². The van der Waals surface area contributed by atoms with Gasteiger partial charge in [-0.15, -0.1) is 0 Å². The molecule has 0 fully saturated rings. The third-order valence-electron chi connectivity index (χ3n) is 3.91. The predicted octanol–water partition coefficient (Wildman–Crippen LogP) is 3.21. The summed E-state index contributed by atoms with van der Waals surface area (Å²) in [5, 5.41) is 0. The van der Waals surface area contributed by atoms with E-state index in [0.717, 1.165) is 18.4 Å². The lowest BCUT2D eigenvalue weighted by molar-refractivity contribution is 0.0933. The number of ketones is 1. The molecule has 0 saturated heterocycles. The van der Waals surface area contributed by atoms with Crippen molar-refractivity contribution in [3.63, 3.8) is 0 Å². The van der Waals surface area contributed by atoms with Crippen molar-refractivity contribution < 1.29 is 4.79 Å². The van der Waals surface area contributed by atoms with Crippen LogP contribution >= 0.6 is 0 Å². The topological polar surface area (TPSA) is 34.9 Å². The fraction of sp³-hybridized carbons (Fsp3) is 0.375. The number of aryl methyl sites for hydroxylation is 1. The Labute approximate surface area is 113 Å². The summed E-state index contributed by atoms with van der Waals surface area (Å²) in [5.74, 6) is 0.159. The number of fused-ring (bicyclic) bond motifs is 1. The lowest BCUT2D eigenvalue weighted by atomic mass is 9.99. The van der Waals surface area contributed by atoms with E-state index in [1.54, 1.807) is 0 Å². The maximum atomic E-state index is 12.5. The van der Waals surface area contributed by atoms with Crippen molar-refractivity contribution in [1.82, 2.24) is 9.55 Å². The van der Waals surface area contributed by atoms with Gasteiger partial charge in [-0.05, 0) is 32.6 Å². The highest BCUT2D eigenvalue weighted by molar-refractivity contribution is 5.98. The molecule has 0 saturated carbocycles. The zero-order valence-corrected chi connectivity index (χ0v) is 11.2. The summed E-state index contributed by atoms with van der Waals surface area (Å²) >= 11 is 0. The Bertz CT molecular complexity index is 586. The van der Waals surface area contributed by atoms with Gasteiger partial charge in [0.25, 0.3) is 0 Å². The van der Waals surface area contributed by atoms with Crippen LogP contribution in [-0.2, 0) is 12.8 Å². The van der Waals surface area contributed by atoms with Crippen LogP contribution in [0.2, 0.25) is 0 Å². The molecule has 1 aliphatic rings. The van der Waals surface area contributed by atoms with E-state index in [1.165, 1.54) is 24.2 Å². The first kappa shape index (κ1) is 12.2. The van der Waals surface area contributed by atoms with Crippen LogP contribution in [0, 0.1) is 0 Å². The molecule has 0 spiro atoms.